The zero-order valence-corrected chi connectivity index (χ0v) is 20.9. The number of imidazole rings is 1. The summed E-state index contributed by atoms with van der Waals surface area (Å²) in [7, 11) is 0. The Morgan fingerprint density at radius 2 is 1.29 bits per heavy atom. The molecule has 0 aliphatic heterocycles. The van der Waals surface area contributed by atoms with E-state index in [2.05, 4.69) is 83.4 Å². The van der Waals surface area contributed by atoms with Crippen LogP contribution in [0.3, 0.4) is 0 Å². The summed E-state index contributed by atoms with van der Waals surface area (Å²) in [6, 6.07) is 40.2. The lowest BCUT2D eigenvalue weighted by atomic mass is 9.76. The highest BCUT2D eigenvalue weighted by molar-refractivity contribution is 5.88. The van der Waals surface area contributed by atoms with Gasteiger partial charge in [-0.2, -0.15) is 0 Å². The van der Waals surface area contributed by atoms with Gasteiger partial charge < -0.3 is 4.57 Å². The molecule has 1 aromatic heterocycles. The van der Waals surface area contributed by atoms with Gasteiger partial charge in [0.1, 0.15) is 11.4 Å². The van der Waals surface area contributed by atoms with Gasteiger partial charge in [-0.25, -0.2) is 9.37 Å². The summed E-state index contributed by atoms with van der Waals surface area (Å²) >= 11 is 0. The number of aldehydes is 1. The second-order valence-electron chi connectivity index (χ2n) is 9.38. The van der Waals surface area contributed by atoms with E-state index in [1.54, 1.807) is 6.07 Å². The first kappa shape index (κ1) is 23.6. The maximum absolute atomic E-state index is 14.5. The Bertz CT molecular complexity index is 1650. The van der Waals surface area contributed by atoms with Crippen LogP contribution in [0.4, 0.5) is 4.39 Å². The maximum atomic E-state index is 14.5. The molecule has 5 aromatic carbocycles. The Balaban J connectivity index is 1.65. The summed E-state index contributed by atoms with van der Waals surface area (Å²) < 4.78 is 16.7. The summed E-state index contributed by atoms with van der Waals surface area (Å²) in [4.78, 5) is 16.0. The lowest BCUT2D eigenvalue weighted by Crippen LogP contribution is -2.37. The normalized spacial score (nSPS) is 11.5. The number of benzene rings is 5. The largest absolute Gasteiger partial charge is 0.312 e. The Hall–Kier alpha value is -4.83. The molecule has 0 saturated carbocycles. The topological polar surface area (TPSA) is 34.9 Å². The molecule has 0 aliphatic rings. The van der Waals surface area contributed by atoms with E-state index in [1.165, 1.54) is 12.1 Å². The molecule has 6 rings (SSSR count). The smallest absolute Gasteiger partial charge is 0.152 e. The van der Waals surface area contributed by atoms with E-state index in [0.29, 0.717) is 11.8 Å². The molecular weight excluding hydrogens is 471 g/mol. The number of rotatable bonds is 6. The third-order valence-electron chi connectivity index (χ3n) is 7.35. The summed E-state index contributed by atoms with van der Waals surface area (Å²) in [5, 5.41) is 0. The molecule has 0 aliphatic carbocycles. The average molecular weight is 497 g/mol. The number of hydrogen-bond donors (Lipinski definition) is 0. The molecule has 0 unspecified atom stereocenters. The van der Waals surface area contributed by atoms with Crippen molar-refractivity contribution in [2.45, 2.75) is 12.5 Å². The van der Waals surface area contributed by atoms with Crippen molar-refractivity contribution in [3.05, 3.63) is 161 Å². The minimum absolute atomic E-state index is 0.0510. The van der Waals surface area contributed by atoms with Gasteiger partial charge in [0, 0.05) is 0 Å². The monoisotopic (exact) mass is 496 g/mol. The summed E-state index contributed by atoms with van der Waals surface area (Å²) in [6.07, 6.45) is 2.44. The minimum Gasteiger partial charge on any atom is -0.312 e. The fourth-order valence-corrected chi connectivity index (χ4v) is 5.55. The van der Waals surface area contributed by atoms with Gasteiger partial charge in [-0.3, -0.25) is 4.79 Å². The summed E-state index contributed by atoms with van der Waals surface area (Å²) in [6.45, 7) is 2.01. The summed E-state index contributed by atoms with van der Waals surface area (Å²) in [5.41, 5.74) is 7.07. The van der Waals surface area contributed by atoms with E-state index in [4.69, 9.17) is 4.98 Å². The van der Waals surface area contributed by atoms with Crippen LogP contribution in [0.1, 0.15) is 32.6 Å². The molecule has 0 bridgehead atoms. The van der Waals surface area contributed by atoms with Crippen molar-refractivity contribution in [1.82, 2.24) is 9.55 Å². The molecule has 0 spiro atoms. The Morgan fingerprint density at radius 3 is 1.79 bits per heavy atom. The van der Waals surface area contributed by atoms with Crippen LogP contribution in [-0.2, 0) is 5.54 Å². The molecule has 184 valence electrons. The fourth-order valence-electron chi connectivity index (χ4n) is 5.55. The highest BCUT2D eigenvalue weighted by Crippen LogP contribution is 2.43. The van der Waals surface area contributed by atoms with Gasteiger partial charge in [0.15, 0.2) is 6.29 Å². The van der Waals surface area contributed by atoms with Crippen molar-refractivity contribution in [1.29, 1.82) is 0 Å². The second-order valence-corrected chi connectivity index (χ2v) is 9.38. The summed E-state index contributed by atoms with van der Waals surface area (Å²) in [5.74, 6) is -0.529. The predicted octanol–water partition coefficient (Wildman–Crippen LogP) is 7.80. The lowest BCUT2D eigenvalue weighted by Gasteiger charge is -2.38. The molecule has 4 heteroatoms. The van der Waals surface area contributed by atoms with Crippen LogP contribution in [0.2, 0.25) is 0 Å². The van der Waals surface area contributed by atoms with E-state index in [-0.39, 0.29) is 5.56 Å². The Labute approximate surface area is 220 Å². The number of aromatic nitrogens is 2. The van der Waals surface area contributed by atoms with Crippen molar-refractivity contribution >= 4 is 17.3 Å². The van der Waals surface area contributed by atoms with Gasteiger partial charge in [-0.15, -0.1) is 0 Å². The molecule has 3 nitrogen and oxygen atoms in total. The third-order valence-corrected chi connectivity index (χ3v) is 7.35. The average Bonchev–Trinajstić information content (AvgIpc) is 3.41. The zero-order valence-electron chi connectivity index (χ0n) is 20.9. The van der Waals surface area contributed by atoms with Crippen molar-refractivity contribution in [2.24, 2.45) is 0 Å². The Kier molecular flexibility index (Phi) is 5.93. The standard InChI is InChI=1S/C34H25FN2O/c1-24-30(25-17-18-26(22-38)31(35)21-25)19-20-32-33(24)36-23-37(32)34(27-11-5-2-6-12-27,28-13-7-3-8-14-28)29-15-9-4-10-16-29/h2-23H,1H3. The van der Waals surface area contributed by atoms with E-state index in [0.717, 1.165) is 38.9 Å². The molecular formula is C34H25FN2O. The SMILES string of the molecule is Cc1c(-c2ccc(C=O)c(F)c2)ccc2c1ncn2C(c1ccccc1)(c1ccccc1)c1ccccc1. The first-order valence-electron chi connectivity index (χ1n) is 12.5. The highest BCUT2D eigenvalue weighted by Gasteiger charge is 2.39. The van der Waals surface area contributed by atoms with Gasteiger partial charge in [0.25, 0.3) is 0 Å². The number of hydrogen-bond acceptors (Lipinski definition) is 2. The van der Waals surface area contributed by atoms with Gasteiger partial charge in [0.05, 0.1) is 22.9 Å². The molecule has 38 heavy (non-hydrogen) atoms. The third kappa shape index (κ3) is 3.65. The van der Waals surface area contributed by atoms with Crippen LogP contribution in [0, 0.1) is 12.7 Å². The quantitative estimate of drug-likeness (QED) is 0.174. The van der Waals surface area contributed by atoms with E-state index >= 15 is 0 Å². The van der Waals surface area contributed by atoms with Crippen molar-refractivity contribution < 1.29 is 9.18 Å². The van der Waals surface area contributed by atoms with Crippen LogP contribution < -0.4 is 0 Å². The number of nitrogens with zero attached hydrogens (tertiary/aromatic N) is 2. The van der Waals surface area contributed by atoms with Gasteiger partial charge >= 0.3 is 0 Å². The van der Waals surface area contributed by atoms with Gasteiger partial charge in [-0.05, 0) is 58.5 Å². The first-order chi connectivity index (χ1) is 18.6. The molecule has 1 heterocycles. The minimum atomic E-state index is -0.676. The van der Waals surface area contributed by atoms with Crippen LogP contribution in [0.15, 0.2) is 128 Å². The molecule has 0 saturated heterocycles. The predicted molar refractivity (Wildman–Crippen MR) is 150 cm³/mol. The molecule has 0 fully saturated rings. The molecule has 0 amide bonds. The number of halogens is 1. The van der Waals surface area contributed by atoms with E-state index < -0.39 is 11.4 Å². The van der Waals surface area contributed by atoms with Crippen molar-refractivity contribution in [3.63, 3.8) is 0 Å². The van der Waals surface area contributed by atoms with Crippen LogP contribution >= 0.6 is 0 Å². The number of aryl methyl sites for hydroxylation is 1. The van der Waals surface area contributed by atoms with Crippen LogP contribution in [-0.4, -0.2) is 15.8 Å². The molecule has 0 atom stereocenters. The molecule has 0 radical (unpaired) electrons. The van der Waals surface area contributed by atoms with Crippen molar-refractivity contribution in [3.8, 4) is 11.1 Å². The van der Waals surface area contributed by atoms with E-state index in [1.807, 2.05) is 37.5 Å². The number of carbonyl (C=O) groups excluding carboxylic acids is 1. The molecule has 6 aromatic rings. The number of fused-ring (bicyclic) bond motifs is 1. The zero-order chi connectivity index (χ0) is 26.1. The van der Waals surface area contributed by atoms with Crippen LogP contribution in [0.25, 0.3) is 22.2 Å². The lowest BCUT2D eigenvalue weighted by molar-refractivity contribution is 0.112. The van der Waals surface area contributed by atoms with E-state index in [9.17, 15) is 9.18 Å². The fraction of sp³-hybridized carbons (Fsp3) is 0.0588. The second kappa shape index (κ2) is 9.56. The van der Waals surface area contributed by atoms with Crippen molar-refractivity contribution in [2.75, 3.05) is 0 Å². The van der Waals surface area contributed by atoms with Gasteiger partial charge in [-0.1, -0.05) is 103 Å². The van der Waals surface area contributed by atoms with Gasteiger partial charge in [0.2, 0.25) is 0 Å². The highest BCUT2D eigenvalue weighted by atomic mass is 19.1. The first-order valence-corrected chi connectivity index (χ1v) is 12.5. The Morgan fingerprint density at radius 1 is 0.737 bits per heavy atom. The number of carbonyl (C=O) groups is 1. The molecule has 0 N–H and O–H groups in total. The van der Waals surface area contributed by atoms with Crippen LogP contribution in [0.5, 0.6) is 0 Å². The maximum Gasteiger partial charge on any atom is 0.152 e.